The molecule has 1 saturated carbocycles. The predicted molar refractivity (Wildman–Crippen MR) is 124 cm³/mol. The Bertz CT molecular complexity index is 746. The van der Waals surface area contributed by atoms with E-state index >= 15 is 0 Å². The van der Waals surface area contributed by atoms with Crippen LogP contribution in [0.5, 0.6) is 0 Å². The lowest BCUT2D eigenvalue weighted by Gasteiger charge is -2.41. The Morgan fingerprint density at radius 1 is 1.06 bits per heavy atom. The average Bonchev–Trinajstić information content (AvgIpc) is 2.73. The standard InChI is InChI=1S/C25H39N3O4/c1-24(2,3)32-22(29)26-25(4)12-10-20(11-13-25)18-27-14-16-28(17-15-27)23(30)31-19-21-8-6-5-7-9-21/h5-9,20H,10-19H2,1-4H3,(H,26,29). The molecule has 2 amide bonds. The Balaban J connectivity index is 1.34. The molecule has 178 valence electrons. The van der Waals surface area contributed by atoms with Crippen LogP contribution in [0, 0.1) is 5.92 Å². The molecule has 2 fully saturated rings. The van der Waals surface area contributed by atoms with Crippen molar-refractivity contribution in [3.05, 3.63) is 35.9 Å². The van der Waals surface area contributed by atoms with Crippen molar-refractivity contribution in [2.24, 2.45) is 5.92 Å². The monoisotopic (exact) mass is 445 g/mol. The SMILES string of the molecule is CC1(NC(=O)OC(C)(C)C)CCC(CN2CCN(C(=O)OCc3ccccc3)CC2)CC1. The molecule has 0 unspecified atom stereocenters. The molecular weight excluding hydrogens is 406 g/mol. The van der Waals surface area contributed by atoms with Crippen LogP contribution in [0.2, 0.25) is 0 Å². The summed E-state index contributed by atoms with van der Waals surface area (Å²) in [6.07, 6.45) is 3.55. The van der Waals surface area contributed by atoms with Crippen LogP contribution in [0.1, 0.15) is 58.9 Å². The molecule has 1 aliphatic carbocycles. The Labute approximate surface area is 192 Å². The van der Waals surface area contributed by atoms with Gasteiger partial charge in [-0.3, -0.25) is 4.90 Å². The van der Waals surface area contributed by atoms with Crippen molar-refractivity contribution in [3.8, 4) is 0 Å². The number of hydrogen-bond acceptors (Lipinski definition) is 5. The smallest absolute Gasteiger partial charge is 0.410 e. The predicted octanol–water partition coefficient (Wildman–Crippen LogP) is 4.41. The lowest BCUT2D eigenvalue weighted by molar-refractivity contribution is 0.0400. The molecule has 1 aromatic carbocycles. The van der Waals surface area contributed by atoms with Crippen LogP contribution in [-0.4, -0.2) is 65.9 Å². The summed E-state index contributed by atoms with van der Waals surface area (Å²) >= 11 is 0. The van der Waals surface area contributed by atoms with Gasteiger partial charge in [-0.05, 0) is 64.9 Å². The van der Waals surface area contributed by atoms with Gasteiger partial charge in [0, 0.05) is 38.3 Å². The van der Waals surface area contributed by atoms with Gasteiger partial charge >= 0.3 is 12.2 Å². The molecule has 0 atom stereocenters. The normalized spacial score (nSPS) is 24.6. The topological polar surface area (TPSA) is 71.1 Å². The van der Waals surface area contributed by atoms with E-state index in [0.29, 0.717) is 25.6 Å². The summed E-state index contributed by atoms with van der Waals surface area (Å²) in [4.78, 5) is 28.8. The second-order valence-electron chi connectivity index (χ2n) is 10.5. The van der Waals surface area contributed by atoms with Crippen molar-refractivity contribution < 1.29 is 19.1 Å². The number of amides is 2. The quantitative estimate of drug-likeness (QED) is 0.727. The van der Waals surface area contributed by atoms with Crippen LogP contribution in [0.4, 0.5) is 9.59 Å². The molecule has 0 spiro atoms. The minimum absolute atomic E-state index is 0.194. The van der Waals surface area contributed by atoms with Gasteiger partial charge < -0.3 is 19.7 Å². The van der Waals surface area contributed by atoms with Crippen LogP contribution >= 0.6 is 0 Å². The third-order valence-corrected chi connectivity index (χ3v) is 6.36. The highest BCUT2D eigenvalue weighted by molar-refractivity contribution is 5.68. The van der Waals surface area contributed by atoms with Gasteiger partial charge in [0.1, 0.15) is 12.2 Å². The zero-order valence-corrected chi connectivity index (χ0v) is 20.1. The highest BCUT2D eigenvalue weighted by Gasteiger charge is 2.35. The Morgan fingerprint density at radius 3 is 2.28 bits per heavy atom. The first kappa shape index (κ1) is 24.4. The molecule has 0 radical (unpaired) electrons. The maximum absolute atomic E-state index is 12.4. The number of hydrogen-bond donors (Lipinski definition) is 1. The third-order valence-electron chi connectivity index (χ3n) is 6.36. The molecule has 1 heterocycles. The Morgan fingerprint density at radius 2 is 1.69 bits per heavy atom. The maximum Gasteiger partial charge on any atom is 0.410 e. The van der Waals surface area contributed by atoms with E-state index in [-0.39, 0.29) is 17.7 Å². The second-order valence-corrected chi connectivity index (χ2v) is 10.5. The molecule has 1 aliphatic heterocycles. The van der Waals surface area contributed by atoms with Crippen LogP contribution in [-0.2, 0) is 16.1 Å². The zero-order valence-electron chi connectivity index (χ0n) is 20.1. The van der Waals surface area contributed by atoms with E-state index in [9.17, 15) is 9.59 Å². The lowest BCUT2D eigenvalue weighted by Crippen LogP contribution is -2.52. The van der Waals surface area contributed by atoms with Gasteiger partial charge in [-0.25, -0.2) is 9.59 Å². The minimum atomic E-state index is -0.478. The van der Waals surface area contributed by atoms with Crippen LogP contribution in [0.3, 0.4) is 0 Å². The first-order valence-electron chi connectivity index (χ1n) is 11.8. The van der Waals surface area contributed by atoms with Crippen molar-refractivity contribution in [2.75, 3.05) is 32.7 Å². The zero-order chi connectivity index (χ0) is 23.2. The van der Waals surface area contributed by atoms with E-state index < -0.39 is 5.60 Å². The van der Waals surface area contributed by atoms with Gasteiger partial charge in [0.25, 0.3) is 0 Å². The summed E-state index contributed by atoms with van der Waals surface area (Å²) in [6.45, 7) is 12.3. The van der Waals surface area contributed by atoms with Crippen molar-refractivity contribution in [1.82, 2.24) is 15.1 Å². The second kappa shape index (κ2) is 10.6. The van der Waals surface area contributed by atoms with Crippen molar-refractivity contribution in [3.63, 3.8) is 0 Å². The summed E-state index contributed by atoms with van der Waals surface area (Å²) in [7, 11) is 0. The molecule has 3 rings (SSSR count). The lowest BCUT2D eigenvalue weighted by atomic mass is 9.77. The molecule has 0 aromatic heterocycles. The van der Waals surface area contributed by atoms with E-state index in [4.69, 9.17) is 9.47 Å². The number of alkyl carbamates (subject to hydrolysis) is 1. The summed E-state index contributed by atoms with van der Waals surface area (Å²) < 4.78 is 10.9. The fraction of sp³-hybridized carbons (Fsp3) is 0.680. The van der Waals surface area contributed by atoms with Gasteiger partial charge in [0.05, 0.1) is 0 Å². The van der Waals surface area contributed by atoms with Gasteiger partial charge in [-0.2, -0.15) is 0 Å². The van der Waals surface area contributed by atoms with Crippen molar-refractivity contribution in [1.29, 1.82) is 0 Å². The molecule has 2 aliphatic rings. The summed E-state index contributed by atoms with van der Waals surface area (Å²) in [5.41, 5.74) is 0.332. The average molecular weight is 446 g/mol. The fourth-order valence-electron chi connectivity index (χ4n) is 4.46. The summed E-state index contributed by atoms with van der Waals surface area (Å²) in [5, 5.41) is 3.09. The fourth-order valence-corrected chi connectivity index (χ4v) is 4.46. The van der Waals surface area contributed by atoms with Crippen LogP contribution in [0.25, 0.3) is 0 Å². The van der Waals surface area contributed by atoms with Crippen molar-refractivity contribution >= 4 is 12.2 Å². The molecule has 1 N–H and O–H groups in total. The number of rotatable bonds is 5. The number of carbonyl (C=O) groups is 2. The van der Waals surface area contributed by atoms with Gasteiger partial charge in [-0.1, -0.05) is 30.3 Å². The summed E-state index contributed by atoms with van der Waals surface area (Å²) in [6, 6.07) is 9.77. The number of benzene rings is 1. The number of carbonyl (C=O) groups excluding carboxylic acids is 2. The Kier molecular flexibility index (Phi) is 8.04. The molecular formula is C25H39N3O4. The van der Waals surface area contributed by atoms with E-state index in [1.54, 1.807) is 0 Å². The first-order chi connectivity index (χ1) is 15.1. The van der Waals surface area contributed by atoms with E-state index in [1.165, 1.54) is 0 Å². The Hall–Kier alpha value is -2.28. The first-order valence-corrected chi connectivity index (χ1v) is 11.8. The van der Waals surface area contributed by atoms with E-state index in [2.05, 4.69) is 17.1 Å². The van der Waals surface area contributed by atoms with Crippen LogP contribution in [0.15, 0.2) is 30.3 Å². The number of nitrogens with one attached hydrogen (secondary N) is 1. The maximum atomic E-state index is 12.4. The summed E-state index contributed by atoms with van der Waals surface area (Å²) in [5.74, 6) is 0.625. The number of piperazine rings is 1. The number of ether oxygens (including phenoxy) is 2. The molecule has 0 bridgehead atoms. The van der Waals surface area contributed by atoms with E-state index in [1.807, 2.05) is 56.0 Å². The van der Waals surface area contributed by atoms with E-state index in [0.717, 1.165) is 50.9 Å². The van der Waals surface area contributed by atoms with Gasteiger partial charge in [-0.15, -0.1) is 0 Å². The highest BCUT2D eigenvalue weighted by Crippen LogP contribution is 2.33. The molecule has 32 heavy (non-hydrogen) atoms. The third kappa shape index (κ3) is 7.69. The minimum Gasteiger partial charge on any atom is -0.445 e. The van der Waals surface area contributed by atoms with Crippen molar-refractivity contribution in [2.45, 2.75) is 71.1 Å². The molecule has 1 saturated heterocycles. The molecule has 7 heteroatoms. The number of nitrogens with zero attached hydrogens (tertiary/aromatic N) is 2. The highest BCUT2D eigenvalue weighted by atomic mass is 16.6. The van der Waals surface area contributed by atoms with Gasteiger partial charge in [0.2, 0.25) is 0 Å². The van der Waals surface area contributed by atoms with Crippen LogP contribution < -0.4 is 5.32 Å². The molecule has 7 nitrogen and oxygen atoms in total. The van der Waals surface area contributed by atoms with Gasteiger partial charge in [0.15, 0.2) is 0 Å². The molecule has 1 aromatic rings. The largest absolute Gasteiger partial charge is 0.445 e.